The molecule has 0 bridgehead atoms. The molecule has 0 saturated carbocycles. The molecule has 0 aromatic carbocycles. The summed E-state index contributed by atoms with van der Waals surface area (Å²) < 4.78 is 1.62. The van der Waals surface area contributed by atoms with Crippen molar-refractivity contribution in [1.29, 1.82) is 0 Å². The summed E-state index contributed by atoms with van der Waals surface area (Å²) in [5, 5.41) is 4.79. The van der Waals surface area contributed by atoms with Crippen LogP contribution in [0.3, 0.4) is 0 Å². The maximum Gasteiger partial charge on any atom is 0.250 e. The van der Waals surface area contributed by atoms with Crippen LogP contribution in [-0.4, -0.2) is 19.7 Å². The molecule has 2 heterocycles. The average Bonchev–Trinajstić information content (AvgIpc) is 2.71. The molecule has 0 atom stereocenters. The summed E-state index contributed by atoms with van der Waals surface area (Å²) in [5.41, 5.74) is 1.05. The molecule has 0 radical (unpaired) electrons. The van der Waals surface area contributed by atoms with Crippen LogP contribution in [0.25, 0.3) is 5.95 Å². The molecular formula is C8H7BrN4. The number of rotatable bonds is 2. The van der Waals surface area contributed by atoms with Gasteiger partial charge in [0.25, 0.3) is 0 Å². The van der Waals surface area contributed by atoms with E-state index in [2.05, 4.69) is 31.0 Å². The summed E-state index contributed by atoms with van der Waals surface area (Å²) in [4.78, 5) is 8.30. The summed E-state index contributed by atoms with van der Waals surface area (Å²) in [7, 11) is 0. The second-order valence-electron chi connectivity index (χ2n) is 2.48. The van der Waals surface area contributed by atoms with Crippen LogP contribution >= 0.6 is 15.9 Å². The van der Waals surface area contributed by atoms with Crippen molar-refractivity contribution in [2.45, 2.75) is 5.33 Å². The van der Waals surface area contributed by atoms with E-state index < -0.39 is 0 Å². The Kier molecular flexibility index (Phi) is 2.35. The fraction of sp³-hybridized carbons (Fsp3) is 0.125. The van der Waals surface area contributed by atoms with Crippen molar-refractivity contribution < 1.29 is 0 Å². The van der Waals surface area contributed by atoms with E-state index in [1.165, 1.54) is 0 Å². The lowest BCUT2D eigenvalue weighted by Gasteiger charge is -1.98. The second-order valence-corrected chi connectivity index (χ2v) is 3.04. The van der Waals surface area contributed by atoms with E-state index in [1.807, 2.05) is 12.3 Å². The summed E-state index contributed by atoms with van der Waals surface area (Å²) in [6, 6.07) is 1.84. The predicted molar refractivity (Wildman–Crippen MR) is 51.8 cm³/mol. The van der Waals surface area contributed by atoms with Crippen molar-refractivity contribution in [2.75, 3.05) is 0 Å². The molecular weight excluding hydrogens is 232 g/mol. The van der Waals surface area contributed by atoms with Gasteiger partial charge >= 0.3 is 0 Å². The zero-order valence-corrected chi connectivity index (χ0v) is 8.35. The van der Waals surface area contributed by atoms with E-state index in [0.29, 0.717) is 5.95 Å². The van der Waals surface area contributed by atoms with Gasteiger partial charge in [-0.15, -0.1) is 0 Å². The van der Waals surface area contributed by atoms with Crippen molar-refractivity contribution in [2.24, 2.45) is 0 Å². The van der Waals surface area contributed by atoms with Gasteiger partial charge in [0, 0.05) is 30.1 Å². The third-order valence-corrected chi connectivity index (χ3v) is 2.20. The highest BCUT2D eigenvalue weighted by Gasteiger charge is 1.98. The minimum atomic E-state index is 0.592. The molecule has 66 valence electrons. The maximum atomic E-state index is 4.15. The van der Waals surface area contributed by atoms with Crippen molar-refractivity contribution in [1.82, 2.24) is 19.7 Å². The highest BCUT2D eigenvalue weighted by Crippen LogP contribution is 2.03. The molecule has 0 spiro atoms. The number of hydrogen-bond acceptors (Lipinski definition) is 3. The Hall–Kier alpha value is -1.23. The molecule has 0 N–H and O–H groups in total. The van der Waals surface area contributed by atoms with Gasteiger partial charge in [-0.25, -0.2) is 14.6 Å². The molecule has 0 aliphatic carbocycles. The van der Waals surface area contributed by atoms with Gasteiger partial charge in [0.2, 0.25) is 5.95 Å². The van der Waals surface area contributed by atoms with Crippen LogP contribution in [0.5, 0.6) is 0 Å². The van der Waals surface area contributed by atoms with Crippen LogP contribution in [0, 0.1) is 0 Å². The molecule has 0 aliphatic rings. The van der Waals surface area contributed by atoms with Crippen molar-refractivity contribution in [3.8, 4) is 5.95 Å². The van der Waals surface area contributed by atoms with Crippen LogP contribution in [0.4, 0.5) is 0 Å². The highest BCUT2D eigenvalue weighted by molar-refractivity contribution is 9.08. The SMILES string of the molecule is BrCc1cnc(-n2cccn2)nc1. The summed E-state index contributed by atoms with van der Waals surface area (Å²) in [6.07, 6.45) is 7.06. The Balaban J connectivity index is 2.33. The van der Waals surface area contributed by atoms with Crippen molar-refractivity contribution in [3.63, 3.8) is 0 Å². The Morgan fingerprint density at radius 2 is 2.08 bits per heavy atom. The highest BCUT2D eigenvalue weighted by atomic mass is 79.9. The van der Waals surface area contributed by atoms with Crippen LogP contribution < -0.4 is 0 Å². The van der Waals surface area contributed by atoms with Crippen molar-refractivity contribution in [3.05, 3.63) is 36.4 Å². The van der Waals surface area contributed by atoms with Gasteiger partial charge in [-0.1, -0.05) is 15.9 Å². The van der Waals surface area contributed by atoms with Gasteiger partial charge in [-0.05, 0) is 11.6 Å². The topological polar surface area (TPSA) is 43.6 Å². The molecule has 0 amide bonds. The van der Waals surface area contributed by atoms with Gasteiger partial charge in [0.15, 0.2) is 0 Å². The molecule has 0 aliphatic heterocycles. The van der Waals surface area contributed by atoms with Crippen LogP contribution in [0.15, 0.2) is 30.9 Å². The van der Waals surface area contributed by atoms with Crippen molar-refractivity contribution >= 4 is 15.9 Å². The van der Waals surface area contributed by atoms with Gasteiger partial charge < -0.3 is 0 Å². The fourth-order valence-electron chi connectivity index (χ4n) is 0.922. The number of halogens is 1. The first-order valence-corrected chi connectivity index (χ1v) is 4.89. The predicted octanol–water partition coefficient (Wildman–Crippen LogP) is 1.56. The molecule has 4 nitrogen and oxygen atoms in total. The largest absolute Gasteiger partial charge is 0.250 e. The molecule has 0 fully saturated rings. The monoisotopic (exact) mass is 238 g/mol. The fourth-order valence-corrected chi connectivity index (χ4v) is 1.21. The van der Waals surface area contributed by atoms with Gasteiger partial charge in [0.1, 0.15) is 0 Å². The molecule has 2 aromatic heterocycles. The first-order chi connectivity index (χ1) is 6.40. The van der Waals surface area contributed by atoms with Crippen LogP contribution in [0.2, 0.25) is 0 Å². The Morgan fingerprint density at radius 1 is 1.31 bits per heavy atom. The summed E-state index contributed by atoms with van der Waals surface area (Å²) >= 11 is 3.33. The quantitative estimate of drug-likeness (QED) is 0.747. The van der Waals surface area contributed by atoms with Gasteiger partial charge in [0.05, 0.1) is 0 Å². The van der Waals surface area contributed by atoms with E-state index in [1.54, 1.807) is 23.3 Å². The second kappa shape index (κ2) is 3.66. The van der Waals surface area contributed by atoms with E-state index >= 15 is 0 Å². The van der Waals surface area contributed by atoms with Gasteiger partial charge in [-0.3, -0.25) is 0 Å². The van der Waals surface area contributed by atoms with E-state index in [-0.39, 0.29) is 0 Å². The molecule has 0 saturated heterocycles. The van der Waals surface area contributed by atoms with Gasteiger partial charge in [-0.2, -0.15) is 5.10 Å². The average molecular weight is 239 g/mol. The van der Waals surface area contributed by atoms with E-state index in [4.69, 9.17) is 0 Å². The Bertz CT molecular complexity index is 368. The number of hydrogen-bond donors (Lipinski definition) is 0. The Morgan fingerprint density at radius 3 is 2.62 bits per heavy atom. The summed E-state index contributed by atoms with van der Waals surface area (Å²) in [6.45, 7) is 0. The Labute approximate surface area is 83.8 Å². The van der Waals surface area contributed by atoms with E-state index in [0.717, 1.165) is 10.9 Å². The third kappa shape index (κ3) is 1.75. The number of alkyl halides is 1. The molecule has 0 unspecified atom stereocenters. The number of aromatic nitrogens is 4. The lowest BCUT2D eigenvalue weighted by Crippen LogP contribution is -2.01. The molecule has 2 rings (SSSR count). The smallest absolute Gasteiger partial charge is 0.219 e. The molecule has 5 heteroatoms. The zero-order chi connectivity index (χ0) is 9.10. The molecule has 2 aromatic rings. The maximum absolute atomic E-state index is 4.15. The van der Waals surface area contributed by atoms with Crippen LogP contribution in [0.1, 0.15) is 5.56 Å². The first kappa shape index (κ1) is 8.37. The minimum absolute atomic E-state index is 0.592. The first-order valence-electron chi connectivity index (χ1n) is 3.77. The van der Waals surface area contributed by atoms with Crippen LogP contribution in [-0.2, 0) is 5.33 Å². The number of nitrogens with zero attached hydrogens (tertiary/aromatic N) is 4. The lowest BCUT2D eigenvalue weighted by molar-refractivity contribution is 0.805. The molecule has 13 heavy (non-hydrogen) atoms. The zero-order valence-electron chi connectivity index (χ0n) is 6.76. The van der Waals surface area contributed by atoms with E-state index in [9.17, 15) is 0 Å². The summed E-state index contributed by atoms with van der Waals surface area (Å²) in [5.74, 6) is 0.592. The normalized spacial score (nSPS) is 10.2. The minimum Gasteiger partial charge on any atom is -0.219 e. The lowest BCUT2D eigenvalue weighted by atomic mass is 10.4. The standard InChI is InChI=1S/C8H7BrN4/c9-4-7-5-10-8(11-6-7)13-3-1-2-12-13/h1-3,5-6H,4H2. The third-order valence-electron chi connectivity index (χ3n) is 1.56.